The van der Waals surface area contributed by atoms with Gasteiger partial charge in [-0.3, -0.25) is 0 Å². The Hall–Kier alpha value is -0.380. The lowest BCUT2D eigenvalue weighted by molar-refractivity contribution is -0.478. The molecule has 3 nitrogen and oxygen atoms in total. The molecule has 2 aliphatic rings. The summed E-state index contributed by atoms with van der Waals surface area (Å²) in [6.45, 7) is 7.85. The van der Waals surface area contributed by atoms with Gasteiger partial charge in [-0.15, -0.1) is 0 Å². The third kappa shape index (κ3) is 1.41. The Morgan fingerprint density at radius 1 is 1.62 bits per heavy atom. The highest BCUT2D eigenvalue weighted by Crippen LogP contribution is 2.42. The SMILES string of the molecule is C=C(C)[C@H]1OO[C@@]2(CC)CC[C@@H]1O2. The fourth-order valence-corrected chi connectivity index (χ4v) is 1.95. The summed E-state index contributed by atoms with van der Waals surface area (Å²) < 4.78 is 5.80. The summed E-state index contributed by atoms with van der Waals surface area (Å²) in [7, 11) is 0. The number of hydrogen-bond donors (Lipinski definition) is 0. The van der Waals surface area contributed by atoms with Crippen LogP contribution in [0.5, 0.6) is 0 Å². The van der Waals surface area contributed by atoms with E-state index in [0.29, 0.717) is 0 Å². The van der Waals surface area contributed by atoms with Crippen LogP contribution in [0.4, 0.5) is 0 Å². The van der Waals surface area contributed by atoms with Gasteiger partial charge in [-0.1, -0.05) is 13.5 Å². The van der Waals surface area contributed by atoms with E-state index in [9.17, 15) is 0 Å². The molecule has 3 heteroatoms. The van der Waals surface area contributed by atoms with Crippen LogP contribution in [0.3, 0.4) is 0 Å². The zero-order chi connectivity index (χ0) is 9.47. The normalized spacial score (nSPS) is 43.5. The van der Waals surface area contributed by atoms with Crippen molar-refractivity contribution in [2.24, 2.45) is 0 Å². The zero-order valence-corrected chi connectivity index (χ0v) is 8.21. The molecule has 0 spiro atoms. The Morgan fingerprint density at radius 3 is 3.00 bits per heavy atom. The molecule has 2 saturated heterocycles. The van der Waals surface area contributed by atoms with Gasteiger partial charge in [-0.2, -0.15) is 0 Å². The Labute approximate surface area is 78.6 Å². The first-order valence-electron chi connectivity index (χ1n) is 4.84. The van der Waals surface area contributed by atoms with Gasteiger partial charge in [0.1, 0.15) is 6.10 Å². The van der Waals surface area contributed by atoms with Gasteiger partial charge in [0.05, 0.1) is 6.10 Å². The van der Waals surface area contributed by atoms with Crippen molar-refractivity contribution in [3.8, 4) is 0 Å². The number of ether oxygens (including phenoxy) is 1. The van der Waals surface area contributed by atoms with Crippen molar-refractivity contribution in [2.75, 3.05) is 0 Å². The molecular formula is C10H16O3. The summed E-state index contributed by atoms with van der Waals surface area (Å²) in [5.74, 6) is -0.462. The molecule has 74 valence electrons. The van der Waals surface area contributed by atoms with Gasteiger partial charge >= 0.3 is 0 Å². The zero-order valence-electron chi connectivity index (χ0n) is 8.21. The Kier molecular flexibility index (Phi) is 2.18. The summed E-state index contributed by atoms with van der Waals surface area (Å²) >= 11 is 0. The first-order chi connectivity index (χ1) is 6.17. The second-order valence-corrected chi connectivity index (χ2v) is 3.91. The second kappa shape index (κ2) is 3.08. The van der Waals surface area contributed by atoms with Crippen molar-refractivity contribution in [3.05, 3.63) is 12.2 Å². The van der Waals surface area contributed by atoms with Crippen molar-refractivity contribution in [1.29, 1.82) is 0 Å². The molecule has 0 aromatic carbocycles. The fourth-order valence-electron chi connectivity index (χ4n) is 1.95. The maximum absolute atomic E-state index is 5.80. The summed E-state index contributed by atoms with van der Waals surface area (Å²) in [5.41, 5.74) is 0.969. The molecule has 0 saturated carbocycles. The van der Waals surface area contributed by atoms with Crippen molar-refractivity contribution in [3.63, 3.8) is 0 Å². The van der Waals surface area contributed by atoms with E-state index >= 15 is 0 Å². The highest BCUT2D eigenvalue weighted by atomic mass is 17.2. The van der Waals surface area contributed by atoms with E-state index in [1.165, 1.54) is 0 Å². The fraction of sp³-hybridized carbons (Fsp3) is 0.800. The van der Waals surface area contributed by atoms with E-state index in [4.69, 9.17) is 14.5 Å². The van der Waals surface area contributed by atoms with Crippen LogP contribution < -0.4 is 0 Å². The lowest BCUT2D eigenvalue weighted by Gasteiger charge is -2.35. The number of fused-ring (bicyclic) bond motifs is 2. The van der Waals surface area contributed by atoms with E-state index in [1.54, 1.807) is 0 Å². The molecule has 0 aromatic heterocycles. The highest BCUT2D eigenvalue weighted by Gasteiger charge is 2.49. The van der Waals surface area contributed by atoms with Crippen molar-refractivity contribution in [1.82, 2.24) is 0 Å². The third-order valence-electron chi connectivity index (χ3n) is 2.84. The number of hydrogen-bond acceptors (Lipinski definition) is 3. The van der Waals surface area contributed by atoms with Crippen LogP contribution in [-0.4, -0.2) is 18.0 Å². The summed E-state index contributed by atoms with van der Waals surface area (Å²) in [5, 5.41) is 0. The van der Waals surface area contributed by atoms with Crippen molar-refractivity contribution >= 4 is 0 Å². The van der Waals surface area contributed by atoms with E-state index < -0.39 is 5.79 Å². The van der Waals surface area contributed by atoms with Gasteiger partial charge in [0, 0.05) is 12.8 Å². The first kappa shape index (κ1) is 9.19. The van der Waals surface area contributed by atoms with Crippen LogP contribution in [0.1, 0.15) is 33.1 Å². The van der Waals surface area contributed by atoms with Crippen molar-refractivity contribution < 1.29 is 14.5 Å². The smallest absolute Gasteiger partial charge is 0.201 e. The second-order valence-electron chi connectivity index (χ2n) is 3.91. The summed E-state index contributed by atoms with van der Waals surface area (Å²) in [6.07, 6.45) is 2.84. The molecule has 13 heavy (non-hydrogen) atoms. The molecule has 2 aliphatic heterocycles. The number of rotatable bonds is 2. The maximum atomic E-state index is 5.80. The monoisotopic (exact) mass is 184 g/mol. The Bertz CT molecular complexity index is 226. The third-order valence-corrected chi connectivity index (χ3v) is 2.84. The molecule has 2 fully saturated rings. The molecular weight excluding hydrogens is 168 g/mol. The van der Waals surface area contributed by atoms with Gasteiger partial charge in [0.25, 0.3) is 0 Å². The molecule has 0 radical (unpaired) electrons. The molecule has 2 bridgehead atoms. The van der Waals surface area contributed by atoms with Gasteiger partial charge in [-0.05, 0) is 18.9 Å². The van der Waals surface area contributed by atoms with E-state index in [2.05, 4.69) is 6.58 Å². The van der Waals surface area contributed by atoms with E-state index in [-0.39, 0.29) is 12.2 Å². The molecule has 0 aliphatic carbocycles. The Morgan fingerprint density at radius 2 is 2.38 bits per heavy atom. The standard InChI is InChI=1S/C10H16O3/c1-4-10-6-5-8(11-10)9(7(2)3)12-13-10/h8-9H,2,4-6H2,1,3H3/t8-,9+,10-/m0/s1. The van der Waals surface area contributed by atoms with Gasteiger partial charge in [0.15, 0.2) is 0 Å². The van der Waals surface area contributed by atoms with Crippen LogP contribution in [0.15, 0.2) is 12.2 Å². The summed E-state index contributed by atoms with van der Waals surface area (Å²) in [6, 6.07) is 0. The van der Waals surface area contributed by atoms with E-state index in [1.807, 2.05) is 13.8 Å². The lowest BCUT2D eigenvalue weighted by Crippen LogP contribution is -2.43. The van der Waals surface area contributed by atoms with Gasteiger partial charge in [-0.25, -0.2) is 9.78 Å². The molecule has 0 N–H and O–H groups in total. The minimum atomic E-state index is -0.462. The summed E-state index contributed by atoms with van der Waals surface area (Å²) in [4.78, 5) is 10.6. The Balaban J connectivity index is 2.10. The largest absolute Gasteiger partial charge is 0.341 e. The first-order valence-corrected chi connectivity index (χ1v) is 4.84. The van der Waals surface area contributed by atoms with Crippen LogP contribution in [-0.2, 0) is 14.5 Å². The molecule has 0 unspecified atom stereocenters. The van der Waals surface area contributed by atoms with Crippen LogP contribution in [0.25, 0.3) is 0 Å². The van der Waals surface area contributed by atoms with Crippen molar-refractivity contribution in [2.45, 2.75) is 51.1 Å². The van der Waals surface area contributed by atoms with Crippen LogP contribution >= 0.6 is 0 Å². The molecule has 3 atom stereocenters. The molecule has 2 rings (SSSR count). The molecule has 0 amide bonds. The topological polar surface area (TPSA) is 27.7 Å². The minimum Gasteiger partial charge on any atom is -0.341 e. The minimum absolute atomic E-state index is 0.0813. The molecule has 0 aromatic rings. The lowest BCUT2D eigenvalue weighted by atomic mass is 10.0. The molecule has 2 heterocycles. The average Bonchev–Trinajstić information content (AvgIpc) is 2.45. The van der Waals surface area contributed by atoms with Gasteiger partial charge < -0.3 is 4.74 Å². The predicted molar refractivity (Wildman–Crippen MR) is 47.9 cm³/mol. The van der Waals surface area contributed by atoms with Crippen LogP contribution in [0.2, 0.25) is 0 Å². The van der Waals surface area contributed by atoms with Gasteiger partial charge in [0.2, 0.25) is 5.79 Å². The van der Waals surface area contributed by atoms with Crippen LogP contribution in [0, 0.1) is 0 Å². The van der Waals surface area contributed by atoms with E-state index in [0.717, 1.165) is 24.8 Å². The quantitative estimate of drug-likeness (QED) is 0.486. The predicted octanol–water partition coefficient (Wildman–Crippen LogP) is 2.18. The highest BCUT2D eigenvalue weighted by molar-refractivity contribution is 5.04. The average molecular weight is 184 g/mol. The maximum Gasteiger partial charge on any atom is 0.201 e.